The van der Waals surface area contributed by atoms with Crippen LogP contribution in [0.3, 0.4) is 0 Å². The number of nitrogens with one attached hydrogen (secondary N) is 1. The predicted molar refractivity (Wildman–Crippen MR) is 89.7 cm³/mol. The van der Waals surface area contributed by atoms with Crippen molar-refractivity contribution >= 4 is 34.8 Å². The molecule has 8 nitrogen and oxygen atoms in total. The van der Waals surface area contributed by atoms with Crippen LogP contribution in [0.4, 0.5) is 11.4 Å². The second kappa shape index (κ2) is 7.59. The molecule has 130 valence electrons. The van der Waals surface area contributed by atoms with Gasteiger partial charge in [0.05, 0.1) is 21.7 Å². The van der Waals surface area contributed by atoms with Crippen molar-refractivity contribution in [1.82, 2.24) is 4.90 Å². The topological polar surface area (TPSA) is 119 Å². The fourth-order valence-electron chi connectivity index (χ4n) is 2.70. The molecule has 0 radical (unpaired) electrons. The number of halogens is 1. The molecule has 0 unspecified atom stereocenters. The number of non-ortho nitro benzene ring substituents is 1. The zero-order valence-corrected chi connectivity index (χ0v) is 14.0. The van der Waals surface area contributed by atoms with Gasteiger partial charge in [-0.2, -0.15) is 0 Å². The number of anilines is 1. The van der Waals surface area contributed by atoms with Gasteiger partial charge >= 0.3 is 0 Å². The molecule has 1 heterocycles. The summed E-state index contributed by atoms with van der Waals surface area (Å²) in [5.41, 5.74) is 5.35. The van der Waals surface area contributed by atoms with E-state index in [0.29, 0.717) is 25.9 Å². The highest BCUT2D eigenvalue weighted by atomic mass is 35.5. The lowest BCUT2D eigenvalue weighted by molar-refractivity contribution is -0.384. The minimum atomic E-state index is -0.552. The number of hydrogen-bond acceptors (Lipinski definition) is 5. The third-order valence-corrected chi connectivity index (χ3v) is 4.61. The van der Waals surface area contributed by atoms with E-state index in [2.05, 4.69) is 5.32 Å². The highest BCUT2D eigenvalue weighted by molar-refractivity contribution is 6.33. The van der Waals surface area contributed by atoms with E-state index in [1.165, 1.54) is 18.2 Å². The Balaban J connectivity index is 2.01. The molecule has 1 aliphatic rings. The molecule has 0 aliphatic carbocycles. The number of carbonyl (C=O) groups is 2. The lowest BCUT2D eigenvalue weighted by atomic mass is 9.95. The number of nitrogens with two attached hydrogens (primary N) is 1. The normalized spacial score (nSPS) is 17.2. The van der Waals surface area contributed by atoms with E-state index in [0.717, 1.165) is 0 Å². The average molecular weight is 355 g/mol. The number of piperidine rings is 1. The van der Waals surface area contributed by atoms with Crippen molar-refractivity contribution in [2.24, 2.45) is 11.7 Å². The minimum Gasteiger partial charge on any atom is -0.369 e. The van der Waals surface area contributed by atoms with Crippen LogP contribution < -0.4 is 11.1 Å². The Labute approximate surface area is 144 Å². The van der Waals surface area contributed by atoms with Crippen molar-refractivity contribution in [3.63, 3.8) is 0 Å². The van der Waals surface area contributed by atoms with Gasteiger partial charge < -0.3 is 11.1 Å². The third kappa shape index (κ3) is 4.21. The average Bonchev–Trinajstić information content (AvgIpc) is 2.55. The van der Waals surface area contributed by atoms with Crippen LogP contribution >= 0.6 is 11.6 Å². The van der Waals surface area contributed by atoms with Crippen LogP contribution in [-0.4, -0.2) is 40.8 Å². The number of primary amides is 1. The van der Waals surface area contributed by atoms with Gasteiger partial charge in [-0.15, -0.1) is 0 Å². The van der Waals surface area contributed by atoms with Crippen LogP contribution in [0.15, 0.2) is 18.2 Å². The molecule has 1 atom stereocenters. The highest BCUT2D eigenvalue weighted by Crippen LogP contribution is 2.27. The molecule has 0 spiro atoms. The smallest absolute Gasteiger partial charge is 0.271 e. The summed E-state index contributed by atoms with van der Waals surface area (Å²) in [5.74, 6) is -0.771. The second-order valence-corrected chi connectivity index (χ2v) is 6.21. The zero-order chi connectivity index (χ0) is 17.9. The quantitative estimate of drug-likeness (QED) is 0.617. The second-order valence-electron chi connectivity index (χ2n) is 5.80. The Hall–Kier alpha value is -2.19. The van der Waals surface area contributed by atoms with Gasteiger partial charge in [0.2, 0.25) is 11.8 Å². The lowest BCUT2D eigenvalue weighted by Crippen LogP contribution is -2.47. The summed E-state index contributed by atoms with van der Waals surface area (Å²) in [5, 5.41) is 13.7. The SMILES string of the molecule is C[C@H](C(=O)Nc1cc([N+](=O)[O-])ccc1Cl)N1CCC(C(N)=O)CC1. The van der Waals surface area contributed by atoms with Crippen molar-refractivity contribution in [3.05, 3.63) is 33.3 Å². The van der Waals surface area contributed by atoms with Gasteiger partial charge in [0, 0.05) is 18.1 Å². The maximum Gasteiger partial charge on any atom is 0.271 e. The lowest BCUT2D eigenvalue weighted by Gasteiger charge is -2.34. The summed E-state index contributed by atoms with van der Waals surface area (Å²) in [6.45, 7) is 2.92. The van der Waals surface area contributed by atoms with E-state index in [-0.39, 0.29) is 34.1 Å². The van der Waals surface area contributed by atoms with Crippen LogP contribution in [0.1, 0.15) is 19.8 Å². The van der Waals surface area contributed by atoms with E-state index in [1.807, 2.05) is 4.90 Å². The molecule has 1 aliphatic heterocycles. The molecular weight excluding hydrogens is 336 g/mol. The number of nitro groups is 1. The standard InChI is InChI=1S/C15H19ClN4O4/c1-9(19-6-4-10(5-7-19)14(17)21)15(22)18-13-8-11(20(23)24)2-3-12(13)16/h2-3,8-10H,4-7H2,1H3,(H2,17,21)(H,18,22)/t9-/m1/s1. The third-order valence-electron chi connectivity index (χ3n) is 4.28. The fourth-order valence-corrected chi connectivity index (χ4v) is 2.86. The van der Waals surface area contributed by atoms with E-state index in [1.54, 1.807) is 6.92 Å². The summed E-state index contributed by atoms with van der Waals surface area (Å²) in [6, 6.07) is 3.43. The van der Waals surface area contributed by atoms with Crippen molar-refractivity contribution in [1.29, 1.82) is 0 Å². The number of hydrogen-bond donors (Lipinski definition) is 2. The molecule has 1 aromatic rings. The maximum atomic E-state index is 12.4. The molecular formula is C15H19ClN4O4. The van der Waals surface area contributed by atoms with E-state index in [9.17, 15) is 19.7 Å². The summed E-state index contributed by atoms with van der Waals surface area (Å²) in [4.78, 5) is 35.8. The molecule has 3 N–H and O–H groups in total. The Morgan fingerprint density at radius 3 is 2.58 bits per heavy atom. The van der Waals surface area contributed by atoms with Gasteiger partial charge in [0.1, 0.15) is 0 Å². The zero-order valence-electron chi connectivity index (χ0n) is 13.2. The summed E-state index contributed by atoms with van der Waals surface area (Å²) >= 11 is 5.99. The molecule has 24 heavy (non-hydrogen) atoms. The van der Waals surface area contributed by atoms with E-state index >= 15 is 0 Å². The first-order valence-electron chi connectivity index (χ1n) is 7.57. The summed E-state index contributed by atoms with van der Waals surface area (Å²) < 4.78 is 0. The Bertz CT molecular complexity index is 659. The van der Waals surface area contributed by atoms with E-state index < -0.39 is 11.0 Å². The van der Waals surface area contributed by atoms with Crippen LogP contribution in [0.25, 0.3) is 0 Å². The highest BCUT2D eigenvalue weighted by Gasteiger charge is 2.29. The Morgan fingerprint density at radius 2 is 2.04 bits per heavy atom. The maximum absolute atomic E-state index is 12.4. The van der Waals surface area contributed by atoms with Crippen molar-refractivity contribution in [2.75, 3.05) is 18.4 Å². The first kappa shape index (κ1) is 18.2. The molecule has 2 amide bonds. The van der Waals surface area contributed by atoms with Gasteiger partial charge in [-0.3, -0.25) is 24.6 Å². The Morgan fingerprint density at radius 1 is 1.42 bits per heavy atom. The molecule has 0 aromatic heterocycles. The van der Waals surface area contributed by atoms with Crippen LogP contribution in [0.2, 0.25) is 5.02 Å². The largest absolute Gasteiger partial charge is 0.369 e. The van der Waals surface area contributed by atoms with Gasteiger partial charge in [-0.25, -0.2) is 0 Å². The molecule has 1 saturated heterocycles. The first-order chi connectivity index (χ1) is 11.3. The van der Waals surface area contributed by atoms with Crippen molar-refractivity contribution < 1.29 is 14.5 Å². The van der Waals surface area contributed by atoms with Gasteiger partial charge in [-0.1, -0.05) is 11.6 Å². The molecule has 0 bridgehead atoms. The fraction of sp³-hybridized carbons (Fsp3) is 0.467. The van der Waals surface area contributed by atoms with Crippen LogP contribution in [0.5, 0.6) is 0 Å². The number of rotatable bonds is 5. The summed E-state index contributed by atoms with van der Waals surface area (Å²) in [6.07, 6.45) is 1.23. The molecule has 1 fully saturated rings. The van der Waals surface area contributed by atoms with Crippen LogP contribution in [0, 0.1) is 16.0 Å². The van der Waals surface area contributed by atoms with E-state index in [4.69, 9.17) is 17.3 Å². The van der Waals surface area contributed by atoms with Crippen molar-refractivity contribution in [3.8, 4) is 0 Å². The van der Waals surface area contributed by atoms with Crippen molar-refractivity contribution in [2.45, 2.75) is 25.8 Å². The first-order valence-corrected chi connectivity index (χ1v) is 7.95. The van der Waals surface area contributed by atoms with Crippen LogP contribution in [-0.2, 0) is 9.59 Å². The number of carbonyl (C=O) groups excluding carboxylic acids is 2. The Kier molecular flexibility index (Phi) is 5.74. The predicted octanol–water partition coefficient (Wildman–Crippen LogP) is 1.77. The number of amides is 2. The monoisotopic (exact) mass is 354 g/mol. The number of nitrogens with zero attached hydrogens (tertiary/aromatic N) is 2. The minimum absolute atomic E-state index is 0.148. The molecule has 2 rings (SSSR count). The molecule has 9 heteroatoms. The number of nitro benzene ring substituents is 1. The van der Waals surface area contributed by atoms with Gasteiger partial charge in [-0.05, 0) is 38.9 Å². The molecule has 1 aromatic carbocycles. The number of likely N-dealkylation sites (tertiary alicyclic amines) is 1. The van der Waals surface area contributed by atoms with Gasteiger partial charge in [0.25, 0.3) is 5.69 Å². The molecule has 0 saturated carbocycles. The number of benzene rings is 1. The summed E-state index contributed by atoms with van der Waals surface area (Å²) in [7, 11) is 0. The van der Waals surface area contributed by atoms with Gasteiger partial charge in [0.15, 0.2) is 0 Å².